The number of ether oxygens (including phenoxy) is 1. The van der Waals surface area contributed by atoms with Gasteiger partial charge in [-0.05, 0) is 25.8 Å². The molecular formula is C30H49N3O7. The normalized spacial score (nSPS) is 24.8. The third kappa shape index (κ3) is 12.9. The number of cyclic esters (lactones) is 1. The Balaban J connectivity index is 2.86. The molecule has 0 spiro atoms. The van der Waals surface area contributed by atoms with Gasteiger partial charge in [-0.3, -0.25) is 24.0 Å². The Kier molecular flexibility index (Phi) is 16.1. The molecule has 0 fully saturated rings. The van der Waals surface area contributed by atoms with E-state index in [0.717, 1.165) is 37.2 Å². The summed E-state index contributed by atoms with van der Waals surface area (Å²) in [5, 5.41) is 15.4. The van der Waals surface area contributed by atoms with Crippen LogP contribution in [-0.4, -0.2) is 71.3 Å². The molecule has 0 aromatic heterocycles. The molecule has 1 rings (SSSR count). The maximum absolute atomic E-state index is 13.2. The molecule has 0 bridgehead atoms. The SMILES string of the molecule is C=C1/C=C/C(=O)N(C)CC(=O)O[C@@H](CCCCCCCCCCCCC)[C@H](C)C(=O)C(C)(O)C(=O)NCC(=O)N1. The highest BCUT2D eigenvalue weighted by atomic mass is 16.5. The van der Waals surface area contributed by atoms with E-state index in [1.165, 1.54) is 65.0 Å². The number of ketones is 1. The summed E-state index contributed by atoms with van der Waals surface area (Å²) in [4.78, 5) is 64.2. The third-order valence-electron chi connectivity index (χ3n) is 7.15. The summed E-state index contributed by atoms with van der Waals surface area (Å²) >= 11 is 0. The van der Waals surface area contributed by atoms with Crippen LogP contribution in [0.3, 0.4) is 0 Å². The van der Waals surface area contributed by atoms with E-state index in [9.17, 15) is 29.1 Å². The molecule has 3 amide bonds. The van der Waals surface area contributed by atoms with E-state index in [2.05, 4.69) is 24.1 Å². The first kappa shape index (κ1) is 35.0. The van der Waals surface area contributed by atoms with E-state index in [1.54, 1.807) is 0 Å². The summed E-state index contributed by atoms with van der Waals surface area (Å²) in [5.74, 6) is -4.75. The summed E-state index contributed by atoms with van der Waals surface area (Å²) in [7, 11) is 1.42. The van der Waals surface area contributed by atoms with Crippen LogP contribution in [0.4, 0.5) is 0 Å². The number of amides is 3. The second-order valence-electron chi connectivity index (χ2n) is 10.9. The highest BCUT2D eigenvalue weighted by molar-refractivity contribution is 6.10. The number of carbonyl (C=O) groups is 5. The summed E-state index contributed by atoms with van der Waals surface area (Å²) in [6.07, 6.45) is 14.4. The van der Waals surface area contributed by atoms with Gasteiger partial charge in [-0.15, -0.1) is 0 Å². The smallest absolute Gasteiger partial charge is 0.325 e. The standard InChI is InChI=1S/C30H49N3O7/c1-6-7-8-9-10-11-12-13-14-15-16-17-24-23(3)28(37)30(4,39)29(38)31-20-25(34)32-22(2)18-19-26(35)33(5)21-27(36)40-24/h18-19,23-24,39H,2,6-17,20-21H2,1,3-5H3,(H,31,38)(H,32,34)/b19-18+/t23-,24-,30?/m0/s1. The average molecular weight is 564 g/mol. The Bertz CT molecular complexity index is 913. The van der Waals surface area contributed by atoms with Gasteiger partial charge < -0.3 is 25.4 Å². The van der Waals surface area contributed by atoms with Gasteiger partial charge >= 0.3 is 5.97 Å². The van der Waals surface area contributed by atoms with Crippen molar-refractivity contribution in [2.24, 2.45) is 5.92 Å². The molecule has 40 heavy (non-hydrogen) atoms. The molecule has 0 aromatic carbocycles. The molecule has 1 heterocycles. The number of nitrogens with one attached hydrogen (secondary N) is 2. The number of esters is 1. The quantitative estimate of drug-likeness (QED) is 0.188. The van der Waals surface area contributed by atoms with Crippen molar-refractivity contribution in [3.8, 4) is 0 Å². The second-order valence-corrected chi connectivity index (χ2v) is 10.9. The third-order valence-corrected chi connectivity index (χ3v) is 7.15. The zero-order valence-electron chi connectivity index (χ0n) is 24.8. The highest BCUT2D eigenvalue weighted by Crippen LogP contribution is 2.23. The monoisotopic (exact) mass is 563 g/mol. The molecule has 0 saturated carbocycles. The molecule has 1 unspecified atom stereocenters. The van der Waals surface area contributed by atoms with Crippen molar-refractivity contribution in [2.45, 2.75) is 110 Å². The van der Waals surface area contributed by atoms with E-state index in [-0.39, 0.29) is 12.2 Å². The van der Waals surface area contributed by atoms with Crippen LogP contribution in [0.25, 0.3) is 0 Å². The Morgan fingerprint density at radius 3 is 2.10 bits per heavy atom. The van der Waals surface area contributed by atoms with Gasteiger partial charge in [0.25, 0.3) is 5.91 Å². The minimum Gasteiger partial charge on any atom is -0.460 e. The number of unbranched alkanes of at least 4 members (excludes halogenated alkanes) is 10. The number of allylic oxidation sites excluding steroid dienone is 1. The van der Waals surface area contributed by atoms with E-state index in [0.29, 0.717) is 12.8 Å². The van der Waals surface area contributed by atoms with Gasteiger partial charge in [-0.1, -0.05) is 84.6 Å². The molecule has 0 saturated heterocycles. The maximum Gasteiger partial charge on any atom is 0.325 e. The fraction of sp³-hybridized carbons (Fsp3) is 0.700. The van der Waals surface area contributed by atoms with E-state index in [1.807, 2.05) is 0 Å². The predicted molar refractivity (Wildman–Crippen MR) is 153 cm³/mol. The number of likely N-dealkylation sites (N-methyl/N-ethyl adjacent to an activating group) is 1. The molecule has 1 aliphatic rings. The Hall–Kier alpha value is -3.01. The van der Waals surface area contributed by atoms with Crippen molar-refractivity contribution in [2.75, 3.05) is 20.1 Å². The highest BCUT2D eigenvalue weighted by Gasteiger charge is 2.44. The first-order valence-corrected chi connectivity index (χ1v) is 14.6. The zero-order chi connectivity index (χ0) is 30.1. The average Bonchev–Trinajstić information content (AvgIpc) is 2.91. The molecule has 0 radical (unpaired) electrons. The number of aliphatic hydroxyl groups is 1. The van der Waals surface area contributed by atoms with Crippen LogP contribution >= 0.6 is 0 Å². The summed E-state index contributed by atoms with van der Waals surface area (Å²) in [6.45, 7) is 7.49. The lowest BCUT2D eigenvalue weighted by Gasteiger charge is -2.29. The van der Waals surface area contributed by atoms with Crippen molar-refractivity contribution >= 4 is 29.5 Å². The van der Waals surface area contributed by atoms with Gasteiger partial charge in [0.15, 0.2) is 11.4 Å². The second kappa shape index (κ2) is 18.4. The van der Waals surface area contributed by atoms with Crippen LogP contribution in [0.2, 0.25) is 0 Å². The van der Waals surface area contributed by atoms with Crippen molar-refractivity contribution < 1.29 is 33.8 Å². The number of Topliss-reactive ketones (excluding diaryl/α,β-unsaturated/α-hetero) is 1. The maximum atomic E-state index is 13.2. The van der Waals surface area contributed by atoms with Crippen molar-refractivity contribution in [3.05, 3.63) is 24.4 Å². The molecule has 0 aromatic rings. The lowest BCUT2D eigenvalue weighted by molar-refractivity contribution is -0.162. The Labute approximate surface area is 239 Å². The predicted octanol–water partition coefficient (Wildman–Crippen LogP) is 3.33. The fourth-order valence-corrected chi connectivity index (χ4v) is 4.52. The van der Waals surface area contributed by atoms with Crippen LogP contribution < -0.4 is 10.6 Å². The van der Waals surface area contributed by atoms with E-state index < -0.39 is 53.6 Å². The van der Waals surface area contributed by atoms with Gasteiger partial charge in [0.2, 0.25) is 11.8 Å². The number of rotatable bonds is 12. The molecule has 10 heteroatoms. The number of carbonyl (C=O) groups excluding carboxylic acids is 5. The zero-order valence-corrected chi connectivity index (χ0v) is 24.8. The topological polar surface area (TPSA) is 142 Å². The number of nitrogens with zero attached hydrogens (tertiary/aromatic N) is 1. The first-order chi connectivity index (χ1) is 18.9. The number of hydrogen-bond donors (Lipinski definition) is 3. The molecule has 3 atom stereocenters. The van der Waals surface area contributed by atoms with Crippen LogP contribution in [0.1, 0.15) is 97.8 Å². The van der Waals surface area contributed by atoms with Gasteiger partial charge in [0, 0.05) is 18.8 Å². The molecule has 0 aliphatic carbocycles. The van der Waals surface area contributed by atoms with Crippen LogP contribution in [0.15, 0.2) is 24.4 Å². The van der Waals surface area contributed by atoms with Gasteiger partial charge in [0.1, 0.15) is 12.6 Å². The summed E-state index contributed by atoms with van der Waals surface area (Å²) < 4.78 is 5.63. The Morgan fingerprint density at radius 2 is 1.52 bits per heavy atom. The van der Waals surface area contributed by atoms with Gasteiger partial charge in [0.05, 0.1) is 12.5 Å². The van der Waals surface area contributed by atoms with E-state index in [4.69, 9.17) is 4.74 Å². The molecule has 1 aliphatic heterocycles. The lowest BCUT2D eigenvalue weighted by atomic mass is 9.85. The summed E-state index contributed by atoms with van der Waals surface area (Å²) in [6, 6.07) is 0. The minimum atomic E-state index is -2.45. The number of hydrogen-bond acceptors (Lipinski definition) is 7. The molecular weight excluding hydrogens is 514 g/mol. The fourth-order valence-electron chi connectivity index (χ4n) is 4.52. The van der Waals surface area contributed by atoms with Crippen molar-refractivity contribution in [1.29, 1.82) is 0 Å². The molecule has 10 nitrogen and oxygen atoms in total. The first-order valence-electron chi connectivity index (χ1n) is 14.6. The lowest BCUT2D eigenvalue weighted by Crippen LogP contribution is -2.55. The minimum absolute atomic E-state index is 0.0800. The van der Waals surface area contributed by atoms with Crippen LogP contribution in [0.5, 0.6) is 0 Å². The molecule has 226 valence electrons. The largest absolute Gasteiger partial charge is 0.460 e. The summed E-state index contributed by atoms with van der Waals surface area (Å²) in [5.41, 5.74) is -2.37. The van der Waals surface area contributed by atoms with Crippen molar-refractivity contribution in [3.63, 3.8) is 0 Å². The Morgan fingerprint density at radius 1 is 0.975 bits per heavy atom. The molecule has 3 N–H and O–H groups in total. The van der Waals surface area contributed by atoms with Crippen LogP contribution in [-0.2, 0) is 28.7 Å². The van der Waals surface area contributed by atoms with Gasteiger partial charge in [-0.25, -0.2) is 0 Å². The van der Waals surface area contributed by atoms with E-state index >= 15 is 0 Å². The van der Waals surface area contributed by atoms with Gasteiger partial charge in [-0.2, -0.15) is 0 Å². The van der Waals surface area contributed by atoms with Crippen LogP contribution in [0, 0.1) is 5.92 Å². The van der Waals surface area contributed by atoms with Crippen molar-refractivity contribution in [1.82, 2.24) is 15.5 Å².